The zero-order valence-electron chi connectivity index (χ0n) is 10.3. The van der Waals surface area contributed by atoms with Gasteiger partial charge >= 0.3 is 0 Å². The molecule has 100 valence electrons. The standard InChI is InChI=1S/C12H13FN4O2/c1-2-17-7-15-16-11(17)6-14-12(19)9-4-3-8(18)5-10(9)13/h3-5,7,18H,2,6H2,1H3,(H,14,19). The van der Waals surface area contributed by atoms with Gasteiger partial charge in [-0.1, -0.05) is 0 Å². The second-order valence-corrected chi connectivity index (χ2v) is 3.88. The lowest BCUT2D eigenvalue weighted by atomic mass is 10.2. The van der Waals surface area contributed by atoms with Crippen molar-refractivity contribution in [3.05, 3.63) is 41.7 Å². The number of benzene rings is 1. The lowest BCUT2D eigenvalue weighted by Crippen LogP contribution is -2.25. The fourth-order valence-corrected chi connectivity index (χ4v) is 1.62. The SMILES string of the molecule is CCn1cnnc1CNC(=O)c1ccc(O)cc1F. The van der Waals surface area contributed by atoms with Crippen molar-refractivity contribution < 1.29 is 14.3 Å². The summed E-state index contributed by atoms with van der Waals surface area (Å²) in [6.07, 6.45) is 1.56. The van der Waals surface area contributed by atoms with Crippen LogP contribution in [0, 0.1) is 5.82 Å². The number of hydrogen-bond donors (Lipinski definition) is 2. The number of aryl methyl sites for hydroxylation is 1. The van der Waals surface area contributed by atoms with Crippen LogP contribution in [0.2, 0.25) is 0 Å². The van der Waals surface area contributed by atoms with E-state index >= 15 is 0 Å². The Morgan fingerprint density at radius 1 is 1.53 bits per heavy atom. The first-order valence-electron chi connectivity index (χ1n) is 5.75. The van der Waals surface area contributed by atoms with Crippen molar-refractivity contribution in [2.75, 3.05) is 0 Å². The number of aromatic nitrogens is 3. The normalized spacial score (nSPS) is 10.4. The van der Waals surface area contributed by atoms with E-state index in [1.54, 1.807) is 10.9 Å². The number of halogens is 1. The second kappa shape index (κ2) is 5.47. The molecule has 1 amide bonds. The quantitative estimate of drug-likeness (QED) is 0.865. The van der Waals surface area contributed by atoms with Gasteiger partial charge in [0.15, 0.2) is 5.82 Å². The lowest BCUT2D eigenvalue weighted by Gasteiger charge is -2.07. The fourth-order valence-electron chi connectivity index (χ4n) is 1.62. The molecule has 1 aromatic heterocycles. The van der Waals surface area contributed by atoms with Crippen LogP contribution in [0.3, 0.4) is 0 Å². The monoisotopic (exact) mass is 264 g/mol. The maximum Gasteiger partial charge on any atom is 0.254 e. The summed E-state index contributed by atoms with van der Waals surface area (Å²) in [7, 11) is 0. The highest BCUT2D eigenvalue weighted by atomic mass is 19.1. The van der Waals surface area contributed by atoms with Crippen LogP contribution in [0.15, 0.2) is 24.5 Å². The van der Waals surface area contributed by atoms with Crippen molar-refractivity contribution in [2.45, 2.75) is 20.0 Å². The molecule has 2 N–H and O–H groups in total. The van der Waals surface area contributed by atoms with Gasteiger partial charge in [0, 0.05) is 12.6 Å². The van der Waals surface area contributed by atoms with E-state index in [9.17, 15) is 9.18 Å². The molecule has 1 aromatic carbocycles. The van der Waals surface area contributed by atoms with Crippen LogP contribution in [0.5, 0.6) is 5.75 Å². The molecule has 1 heterocycles. The minimum absolute atomic E-state index is 0.125. The summed E-state index contributed by atoms with van der Waals surface area (Å²) >= 11 is 0. The van der Waals surface area contributed by atoms with E-state index in [1.165, 1.54) is 12.1 Å². The van der Waals surface area contributed by atoms with E-state index in [-0.39, 0.29) is 17.9 Å². The first kappa shape index (κ1) is 13.0. The molecule has 0 fully saturated rings. The number of nitrogens with one attached hydrogen (secondary N) is 1. The van der Waals surface area contributed by atoms with Crippen molar-refractivity contribution in [2.24, 2.45) is 0 Å². The van der Waals surface area contributed by atoms with E-state index in [0.717, 1.165) is 6.07 Å². The second-order valence-electron chi connectivity index (χ2n) is 3.88. The zero-order valence-corrected chi connectivity index (χ0v) is 10.3. The Morgan fingerprint density at radius 3 is 3.00 bits per heavy atom. The van der Waals surface area contributed by atoms with E-state index in [2.05, 4.69) is 15.5 Å². The lowest BCUT2D eigenvalue weighted by molar-refractivity contribution is 0.0945. The Hall–Kier alpha value is -2.44. The van der Waals surface area contributed by atoms with E-state index in [4.69, 9.17) is 5.11 Å². The molecule has 0 radical (unpaired) electrons. The van der Waals surface area contributed by atoms with Gasteiger partial charge in [-0.15, -0.1) is 10.2 Å². The third kappa shape index (κ3) is 2.87. The van der Waals surface area contributed by atoms with Crippen LogP contribution in [0.1, 0.15) is 23.1 Å². The molecule has 0 saturated heterocycles. The number of rotatable bonds is 4. The summed E-state index contributed by atoms with van der Waals surface area (Å²) in [6.45, 7) is 2.77. The summed E-state index contributed by atoms with van der Waals surface area (Å²) in [5, 5.41) is 19.2. The molecular weight excluding hydrogens is 251 g/mol. The Balaban J connectivity index is 2.05. The first-order chi connectivity index (χ1) is 9.11. The molecule has 6 nitrogen and oxygen atoms in total. The summed E-state index contributed by atoms with van der Waals surface area (Å²) in [5.41, 5.74) is -0.125. The molecule has 0 aliphatic heterocycles. The third-order valence-electron chi connectivity index (χ3n) is 2.64. The number of nitrogens with zero attached hydrogens (tertiary/aromatic N) is 3. The van der Waals surface area contributed by atoms with Gasteiger partial charge in [-0.05, 0) is 19.1 Å². The number of carbonyl (C=O) groups excluding carboxylic acids is 1. The molecule has 0 spiro atoms. The highest BCUT2D eigenvalue weighted by Crippen LogP contribution is 2.14. The molecule has 0 bridgehead atoms. The van der Waals surface area contributed by atoms with Gasteiger partial charge in [0.2, 0.25) is 0 Å². The van der Waals surface area contributed by atoms with Crippen LogP contribution in [0.4, 0.5) is 4.39 Å². The fraction of sp³-hybridized carbons (Fsp3) is 0.250. The Bertz CT molecular complexity index is 597. The van der Waals surface area contributed by atoms with Crippen molar-refractivity contribution in [3.8, 4) is 5.75 Å². The summed E-state index contributed by atoms with van der Waals surface area (Å²) in [5.74, 6) is -0.965. The molecule has 2 aromatic rings. The molecule has 2 rings (SSSR count). The largest absolute Gasteiger partial charge is 0.508 e. The highest BCUT2D eigenvalue weighted by molar-refractivity contribution is 5.94. The number of hydrogen-bond acceptors (Lipinski definition) is 4. The van der Waals surface area contributed by atoms with Crippen LogP contribution >= 0.6 is 0 Å². The summed E-state index contributed by atoms with van der Waals surface area (Å²) in [6, 6.07) is 3.38. The van der Waals surface area contributed by atoms with Crippen molar-refractivity contribution in [3.63, 3.8) is 0 Å². The maximum atomic E-state index is 13.5. The van der Waals surface area contributed by atoms with Crippen LogP contribution in [0.25, 0.3) is 0 Å². The summed E-state index contributed by atoms with van der Waals surface area (Å²) in [4.78, 5) is 11.8. The maximum absolute atomic E-state index is 13.5. The molecule has 0 unspecified atom stereocenters. The molecule has 0 atom stereocenters. The predicted molar refractivity (Wildman–Crippen MR) is 64.9 cm³/mol. The average Bonchev–Trinajstić information content (AvgIpc) is 2.83. The van der Waals surface area contributed by atoms with E-state index < -0.39 is 11.7 Å². The van der Waals surface area contributed by atoms with Gasteiger partial charge in [0.1, 0.15) is 17.9 Å². The van der Waals surface area contributed by atoms with Crippen molar-refractivity contribution in [1.82, 2.24) is 20.1 Å². The minimum Gasteiger partial charge on any atom is -0.508 e. The third-order valence-corrected chi connectivity index (χ3v) is 2.64. The van der Waals surface area contributed by atoms with E-state index in [0.29, 0.717) is 12.4 Å². The van der Waals surface area contributed by atoms with Gasteiger partial charge < -0.3 is 15.0 Å². The smallest absolute Gasteiger partial charge is 0.254 e. The van der Waals surface area contributed by atoms with Gasteiger partial charge in [-0.25, -0.2) is 4.39 Å². The first-order valence-corrected chi connectivity index (χ1v) is 5.75. The van der Waals surface area contributed by atoms with Crippen LogP contribution in [-0.2, 0) is 13.1 Å². The molecular formula is C12H13FN4O2. The minimum atomic E-state index is -0.769. The number of phenolic OH excluding ortho intramolecular Hbond substituents is 1. The topological polar surface area (TPSA) is 80.0 Å². The Morgan fingerprint density at radius 2 is 2.32 bits per heavy atom. The number of aromatic hydroxyl groups is 1. The highest BCUT2D eigenvalue weighted by Gasteiger charge is 2.13. The number of phenols is 1. The molecule has 19 heavy (non-hydrogen) atoms. The average molecular weight is 264 g/mol. The molecule has 0 saturated carbocycles. The van der Waals surface area contributed by atoms with Gasteiger partial charge in [-0.2, -0.15) is 0 Å². The molecule has 7 heteroatoms. The van der Waals surface area contributed by atoms with Crippen LogP contribution < -0.4 is 5.32 Å². The van der Waals surface area contributed by atoms with Gasteiger partial charge in [0.05, 0.1) is 12.1 Å². The van der Waals surface area contributed by atoms with Crippen LogP contribution in [-0.4, -0.2) is 25.8 Å². The van der Waals surface area contributed by atoms with Gasteiger partial charge in [-0.3, -0.25) is 4.79 Å². The zero-order chi connectivity index (χ0) is 13.8. The number of carbonyl (C=O) groups is 1. The van der Waals surface area contributed by atoms with Gasteiger partial charge in [0.25, 0.3) is 5.91 Å². The Kier molecular flexibility index (Phi) is 3.74. The molecule has 0 aliphatic carbocycles. The molecule has 0 aliphatic rings. The van der Waals surface area contributed by atoms with Crippen molar-refractivity contribution in [1.29, 1.82) is 0 Å². The number of amides is 1. The summed E-state index contributed by atoms with van der Waals surface area (Å²) < 4.78 is 15.2. The predicted octanol–water partition coefficient (Wildman–Crippen LogP) is 1.07. The van der Waals surface area contributed by atoms with Crippen molar-refractivity contribution >= 4 is 5.91 Å². The Labute approximate surface area is 108 Å². The van der Waals surface area contributed by atoms with E-state index in [1.807, 2.05) is 6.92 Å².